The average Bonchev–Trinajstić information content (AvgIpc) is 2.35. The molecule has 0 saturated carbocycles. The van der Waals surface area contributed by atoms with Gasteiger partial charge in [-0.1, -0.05) is 23.9 Å². The third-order valence-corrected chi connectivity index (χ3v) is 3.36. The van der Waals surface area contributed by atoms with Crippen molar-refractivity contribution < 1.29 is 4.79 Å². The first-order chi connectivity index (χ1) is 9.52. The second-order valence-electron chi connectivity index (χ2n) is 4.40. The fraction of sp³-hybridized carbons (Fsp3) is 0.214. The number of carbonyl (C=O) groups is 1. The first-order valence-corrected chi connectivity index (χ1v) is 7.09. The van der Waals surface area contributed by atoms with E-state index in [9.17, 15) is 9.59 Å². The molecule has 1 heterocycles. The molecule has 2 rings (SSSR count). The molecule has 0 bridgehead atoms. The molecule has 0 radical (unpaired) electrons. The zero-order valence-corrected chi connectivity index (χ0v) is 12.1. The van der Waals surface area contributed by atoms with Crippen molar-refractivity contribution in [2.45, 2.75) is 19.0 Å². The summed E-state index contributed by atoms with van der Waals surface area (Å²) >= 11 is 1.20. The van der Waals surface area contributed by atoms with Crippen LogP contribution in [0.2, 0.25) is 0 Å². The van der Waals surface area contributed by atoms with E-state index in [0.29, 0.717) is 10.9 Å². The van der Waals surface area contributed by atoms with Gasteiger partial charge in [0.2, 0.25) is 5.91 Å². The van der Waals surface area contributed by atoms with Gasteiger partial charge in [0.05, 0.1) is 5.75 Å². The number of aromatic nitrogens is 2. The van der Waals surface area contributed by atoms with Gasteiger partial charge in [0.15, 0.2) is 5.16 Å². The molecular weight excluding hydrogens is 274 g/mol. The summed E-state index contributed by atoms with van der Waals surface area (Å²) in [7, 11) is 0. The van der Waals surface area contributed by atoms with Gasteiger partial charge >= 0.3 is 0 Å². The molecule has 5 nitrogen and oxygen atoms in total. The SMILES string of the molecule is Cc1cccc(NC(=O)CSc2nc(C)cc(=O)[nH]2)c1. The summed E-state index contributed by atoms with van der Waals surface area (Å²) in [5, 5.41) is 3.26. The van der Waals surface area contributed by atoms with Crippen LogP contribution in [0.3, 0.4) is 0 Å². The predicted octanol–water partition coefficient (Wildman–Crippen LogP) is 2.12. The van der Waals surface area contributed by atoms with E-state index in [4.69, 9.17) is 0 Å². The molecule has 0 aliphatic heterocycles. The Morgan fingerprint density at radius 1 is 1.35 bits per heavy atom. The van der Waals surface area contributed by atoms with Crippen LogP contribution in [-0.2, 0) is 4.79 Å². The topological polar surface area (TPSA) is 74.8 Å². The van der Waals surface area contributed by atoms with Crippen molar-refractivity contribution in [1.82, 2.24) is 9.97 Å². The summed E-state index contributed by atoms with van der Waals surface area (Å²) in [5.41, 5.74) is 2.27. The van der Waals surface area contributed by atoms with E-state index < -0.39 is 0 Å². The molecule has 20 heavy (non-hydrogen) atoms. The van der Waals surface area contributed by atoms with Crippen LogP contribution in [0.1, 0.15) is 11.3 Å². The number of H-pyrrole nitrogens is 1. The number of hydrogen-bond acceptors (Lipinski definition) is 4. The van der Waals surface area contributed by atoms with Crippen LogP contribution in [0.5, 0.6) is 0 Å². The van der Waals surface area contributed by atoms with Gasteiger partial charge in [-0.05, 0) is 31.5 Å². The lowest BCUT2D eigenvalue weighted by atomic mass is 10.2. The van der Waals surface area contributed by atoms with Gasteiger partial charge < -0.3 is 10.3 Å². The molecule has 2 aromatic rings. The van der Waals surface area contributed by atoms with Crippen molar-refractivity contribution in [3.8, 4) is 0 Å². The molecular formula is C14H15N3O2S. The molecule has 0 atom stereocenters. The monoisotopic (exact) mass is 289 g/mol. The quantitative estimate of drug-likeness (QED) is 0.668. The molecule has 1 aromatic carbocycles. The number of nitrogens with one attached hydrogen (secondary N) is 2. The highest BCUT2D eigenvalue weighted by atomic mass is 32.2. The van der Waals surface area contributed by atoms with Crippen LogP contribution < -0.4 is 10.9 Å². The summed E-state index contributed by atoms with van der Waals surface area (Å²) in [6, 6.07) is 9.00. The van der Waals surface area contributed by atoms with Crippen molar-refractivity contribution in [1.29, 1.82) is 0 Å². The lowest BCUT2D eigenvalue weighted by Gasteiger charge is -2.05. The number of thioether (sulfide) groups is 1. The van der Waals surface area contributed by atoms with E-state index in [1.165, 1.54) is 17.8 Å². The van der Waals surface area contributed by atoms with E-state index in [1.54, 1.807) is 6.92 Å². The van der Waals surface area contributed by atoms with Crippen LogP contribution >= 0.6 is 11.8 Å². The predicted molar refractivity (Wildman–Crippen MR) is 80.1 cm³/mol. The lowest BCUT2D eigenvalue weighted by Crippen LogP contribution is -2.15. The van der Waals surface area contributed by atoms with Crippen molar-refractivity contribution >= 4 is 23.4 Å². The molecule has 2 N–H and O–H groups in total. The molecule has 0 unspecified atom stereocenters. The van der Waals surface area contributed by atoms with Crippen LogP contribution in [0.4, 0.5) is 5.69 Å². The Bertz CT molecular complexity index is 682. The maximum absolute atomic E-state index is 11.8. The van der Waals surface area contributed by atoms with Crippen LogP contribution in [0.25, 0.3) is 0 Å². The lowest BCUT2D eigenvalue weighted by molar-refractivity contribution is -0.113. The normalized spacial score (nSPS) is 10.3. The summed E-state index contributed by atoms with van der Waals surface area (Å²) < 4.78 is 0. The van der Waals surface area contributed by atoms with E-state index in [1.807, 2.05) is 31.2 Å². The highest BCUT2D eigenvalue weighted by Crippen LogP contribution is 2.13. The number of benzene rings is 1. The van der Waals surface area contributed by atoms with Crippen LogP contribution in [0, 0.1) is 13.8 Å². The van der Waals surface area contributed by atoms with Gasteiger partial charge in [0.25, 0.3) is 5.56 Å². The highest BCUT2D eigenvalue weighted by Gasteiger charge is 2.06. The van der Waals surface area contributed by atoms with E-state index in [0.717, 1.165) is 11.3 Å². The van der Waals surface area contributed by atoms with Crippen molar-refractivity contribution in [2.75, 3.05) is 11.1 Å². The third kappa shape index (κ3) is 4.24. The van der Waals surface area contributed by atoms with Gasteiger partial charge in [-0.25, -0.2) is 4.98 Å². The van der Waals surface area contributed by atoms with Gasteiger partial charge in [-0.15, -0.1) is 0 Å². The van der Waals surface area contributed by atoms with Gasteiger partial charge in [0.1, 0.15) is 0 Å². The number of carbonyl (C=O) groups excluding carboxylic acids is 1. The zero-order chi connectivity index (χ0) is 14.5. The van der Waals surface area contributed by atoms with Crippen molar-refractivity contribution in [3.05, 3.63) is 51.9 Å². The standard InChI is InChI=1S/C14H15N3O2S/c1-9-4-3-5-11(6-9)16-13(19)8-20-14-15-10(2)7-12(18)17-14/h3-7H,8H2,1-2H3,(H,16,19)(H,15,17,18). The summed E-state index contributed by atoms with van der Waals surface area (Å²) in [4.78, 5) is 29.8. The number of amides is 1. The summed E-state index contributed by atoms with van der Waals surface area (Å²) in [6.07, 6.45) is 0. The highest BCUT2D eigenvalue weighted by molar-refractivity contribution is 7.99. The maximum atomic E-state index is 11.8. The molecule has 0 aliphatic carbocycles. The second kappa shape index (κ2) is 6.38. The number of aryl methyl sites for hydroxylation is 2. The first kappa shape index (κ1) is 14.3. The van der Waals surface area contributed by atoms with Crippen LogP contribution in [-0.4, -0.2) is 21.6 Å². The van der Waals surface area contributed by atoms with Crippen molar-refractivity contribution in [3.63, 3.8) is 0 Å². The Labute approximate surface area is 120 Å². The molecule has 0 saturated heterocycles. The molecule has 1 aromatic heterocycles. The number of hydrogen-bond donors (Lipinski definition) is 2. The van der Waals surface area contributed by atoms with E-state index in [2.05, 4.69) is 15.3 Å². The van der Waals surface area contributed by atoms with Gasteiger partial charge in [-0.2, -0.15) is 0 Å². The molecule has 1 amide bonds. The zero-order valence-electron chi connectivity index (χ0n) is 11.3. The second-order valence-corrected chi connectivity index (χ2v) is 5.36. The Kier molecular flexibility index (Phi) is 4.57. The van der Waals surface area contributed by atoms with E-state index in [-0.39, 0.29) is 17.2 Å². The maximum Gasteiger partial charge on any atom is 0.251 e. The molecule has 6 heteroatoms. The molecule has 104 valence electrons. The van der Waals surface area contributed by atoms with Gasteiger partial charge in [-0.3, -0.25) is 9.59 Å². The fourth-order valence-corrected chi connectivity index (χ4v) is 2.40. The Balaban J connectivity index is 1.93. The number of rotatable bonds is 4. The minimum Gasteiger partial charge on any atom is -0.325 e. The number of anilines is 1. The minimum atomic E-state index is -0.209. The third-order valence-electron chi connectivity index (χ3n) is 2.49. The molecule has 0 aliphatic rings. The average molecular weight is 289 g/mol. The van der Waals surface area contributed by atoms with Crippen molar-refractivity contribution in [2.24, 2.45) is 0 Å². The minimum absolute atomic E-state index is 0.134. The number of nitrogens with zero attached hydrogens (tertiary/aromatic N) is 1. The molecule has 0 spiro atoms. The fourth-order valence-electron chi connectivity index (χ4n) is 1.67. The Morgan fingerprint density at radius 2 is 2.15 bits per heavy atom. The first-order valence-electron chi connectivity index (χ1n) is 6.10. The van der Waals surface area contributed by atoms with Gasteiger partial charge in [0, 0.05) is 17.4 Å². The van der Waals surface area contributed by atoms with Crippen LogP contribution in [0.15, 0.2) is 40.3 Å². The smallest absolute Gasteiger partial charge is 0.251 e. The number of aromatic amines is 1. The van der Waals surface area contributed by atoms with E-state index >= 15 is 0 Å². The largest absolute Gasteiger partial charge is 0.325 e. The molecule has 0 fully saturated rings. The summed E-state index contributed by atoms with van der Waals surface area (Å²) in [5.74, 6) is 0.0603. The summed E-state index contributed by atoms with van der Waals surface area (Å²) in [6.45, 7) is 3.71. The Morgan fingerprint density at radius 3 is 2.85 bits per heavy atom. The Hall–Kier alpha value is -2.08.